The van der Waals surface area contributed by atoms with Crippen LogP contribution in [0.25, 0.3) is 0 Å². The van der Waals surface area contributed by atoms with Crippen LogP contribution in [0.3, 0.4) is 0 Å². The van der Waals surface area contributed by atoms with E-state index in [1.807, 2.05) is 6.92 Å². The molecule has 0 amide bonds. The van der Waals surface area contributed by atoms with Crippen LogP contribution in [-0.4, -0.2) is 29.0 Å². The first-order valence-electron chi connectivity index (χ1n) is 8.66. The number of hydrogen-bond donors (Lipinski definition) is 3. The number of unbranched alkanes of at least 4 members (excludes halogenated alkanes) is 5. The van der Waals surface area contributed by atoms with Crippen LogP contribution in [0.1, 0.15) is 69.4 Å². The van der Waals surface area contributed by atoms with Crippen molar-refractivity contribution in [2.75, 3.05) is 13.2 Å². The van der Waals surface area contributed by atoms with Crippen LogP contribution in [-0.2, 0) is 6.42 Å². The van der Waals surface area contributed by atoms with E-state index >= 15 is 0 Å². The third kappa shape index (κ3) is 7.21. The summed E-state index contributed by atoms with van der Waals surface area (Å²) in [6, 6.07) is 8.44. The Balaban J connectivity index is 0.00000484. The Labute approximate surface area is 147 Å². The maximum absolute atomic E-state index is 9.39. The second-order valence-electron chi connectivity index (χ2n) is 6.53. The van der Waals surface area contributed by atoms with E-state index in [-0.39, 0.29) is 31.5 Å². The topological polar surface area (TPSA) is 66.5 Å². The minimum atomic E-state index is -0.958. The molecule has 1 rings (SSSR count). The minimum absolute atomic E-state index is 0. The predicted molar refractivity (Wildman–Crippen MR) is 100 cm³/mol. The number of benzene rings is 1. The van der Waals surface area contributed by atoms with Crippen molar-refractivity contribution in [3.05, 3.63) is 35.4 Å². The summed E-state index contributed by atoms with van der Waals surface area (Å²) in [4.78, 5) is 0. The Morgan fingerprint density at radius 1 is 0.957 bits per heavy atom. The molecule has 0 saturated heterocycles. The molecule has 4 heteroatoms. The van der Waals surface area contributed by atoms with Gasteiger partial charge in [-0.2, -0.15) is 0 Å². The predicted octanol–water partition coefficient (Wildman–Crippen LogP) is 3.80. The first kappa shape index (κ1) is 22.4. The highest BCUT2D eigenvalue weighted by Crippen LogP contribution is 2.26. The van der Waals surface area contributed by atoms with Gasteiger partial charge in [0.1, 0.15) is 0 Å². The van der Waals surface area contributed by atoms with Gasteiger partial charge in [-0.15, -0.1) is 12.4 Å². The third-order valence-electron chi connectivity index (χ3n) is 4.75. The highest BCUT2D eigenvalue weighted by molar-refractivity contribution is 5.85. The lowest BCUT2D eigenvalue weighted by molar-refractivity contribution is 0.104. The zero-order chi connectivity index (χ0) is 16.4. The average molecular weight is 344 g/mol. The van der Waals surface area contributed by atoms with Gasteiger partial charge in [0.15, 0.2) is 0 Å². The zero-order valence-electron chi connectivity index (χ0n) is 14.6. The van der Waals surface area contributed by atoms with Crippen LogP contribution in [0.5, 0.6) is 0 Å². The van der Waals surface area contributed by atoms with E-state index in [1.165, 1.54) is 44.1 Å². The summed E-state index contributed by atoms with van der Waals surface area (Å²) in [6.07, 6.45) is 9.01. The summed E-state index contributed by atoms with van der Waals surface area (Å²) in [5.41, 5.74) is 7.51. The molecular weight excluding hydrogens is 310 g/mol. The quantitative estimate of drug-likeness (QED) is 0.535. The summed E-state index contributed by atoms with van der Waals surface area (Å²) < 4.78 is 0. The molecule has 0 saturated carbocycles. The molecule has 4 N–H and O–H groups in total. The lowest BCUT2D eigenvalue weighted by Gasteiger charge is -2.32. The zero-order valence-corrected chi connectivity index (χ0v) is 15.4. The van der Waals surface area contributed by atoms with Crippen LogP contribution in [0.2, 0.25) is 0 Å². The van der Waals surface area contributed by atoms with Crippen LogP contribution >= 0.6 is 12.4 Å². The average Bonchev–Trinajstić information content (AvgIpc) is 2.57. The van der Waals surface area contributed by atoms with Crippen LogP contribution in [0, 0.1) is 0 Å². The monoisotopic (exact) mass is 343 g/mol. The van der Waals surface area contributed by atoms with Gasteiger partial charge in [-0.1, -0.05) is 70.2 Å². The molecule has 0 aliphatic carbocycles. The molecule has 1 atom stereocenters. The number of aliphatic hydroxyl groups excluding tert-OH is 2. The molecule has 0 heterocycles. The van der Waals surface area contributed by atoms with Crippen molar-refractivity contribution in [2.24, 2.45) is 5.73 Å². The lowest BCUT2D eigenvalue weighted by Crippen LogP contribution is -2.51. The lowest BCUT2D eigenvalue weighted by atomic mass is 9.82. The maximum atomic E-state index is 9.39. The fourth-order valence-electron chi connectivity index (χ4n) is 2.74. The minimum Gasteiger partial charge on any atom is -0.394 e. The van der Waals surface area contributed by atoms with Gasteiger partial charge in [-0.05, 0) is 24.0 Å². The van der Waals surface area contributed by atoms with Crippen LogP contribution in [0.15, 0.2) is 24.3 Å². The molecule has 0 aromatic heterocycles. The normalized spacial score (nSPS) is 12.7. The highest BCUT2D eigenvalue weighted by Gasteiger charge is 2.31. The van der Waals surface area contributed by atoms with Gasteiger partial charge < -0.3 is 15.9 Å². The molecule has 0 aliphatic heterocycles. The summed E-state index contributed by atoms with van der Waals surface area (Å²) in [7, 11) is 0. The van der Waals surface area contributed by atoms with Gasteiger partial charge in [-0.3, -0.25) is 0 Å². The van der Waals surface area contributed by atoms with Crippen molar-refractivity contribution < 1.29 is 10.2 Å². The molecule has 0 fully saturated rings. The Hall–Kier alpha value is -0.610. The van der Waals surface area contributed by atoms with Crippen LogP contribution in [0.4, 0.5) is 0 Å². The Morgan fingerprint density at radius 2 is 1.48 bits per heavy atom. The smallest absolute Gasteiger partial charge is 0.0689 e. The van der Waals surface area contributed by atoms with E-state index in [0.717, 1.165) is 12.0 Å². The van der Waals surface area contributed by atoms with Gasteiger partial charge in [-0.25, -0.2) is 0 Å². The fourth-order valence-corrected chi connectivity index (χ4v) is 2.74. The molecule has 0 spiro atoms. The van der Waals surface area contributed by atoms with Crippen molar-refractivity contribution in [3.8, 4) is 0 Å². The Bertz CT molecular complexity index is 404. The van der Waals surface area contributed by atoms with Gasteiger partial charge in [0.05, 0.1) is 18.8 Å². The van der Waals surface area contributed by atoms with E-state index in [4.69, 9.17) is 5.73 Å². The largest absolute Gasteiger partial charge is 0.394 e. The number of aryl methyl sites for hydroxylation is 1. The van der Waals surface area contributed by atoms with Gasteiger partial charge in [0.2, 0.25) is 0 Å². The Kier molecular flexibility index (Phi) is 11.5. The first-order chi connectivity index (χ1) is 10.6. The number of nitrogens with two attached hydrogens (primary N) is 1. The molecule has 3 nitrogen and oxygen atoms in total. The summed E-state index contributed by atoms with van der Waals surface area (Å²) >= 11 is 0. The number of halogens is 1. The van der Waals surface area contributed by atoms with Crippen molar-refractivity contribution in [1.29, 1.82) is 0 Å². The van der Waals surface area contributed by atoms with E-state index in [2.05, 4.69) is 31.2 Å². The van der Waals surface area contributed by atoms with Gasteiger partial charge in [0, 0.05) is 5.92 Å². The van der Waals surface area contributed by atoms with E-state index in [1.54, 1.807) is 0 Å². The Morgan fingerprint density at radius 3 is 2.00 bits per heavy atom. The fraction of sp³-hybridized carbons (Fsp3) is 0.684. The molecule has 1 aromatic rings. The summed E-state index contributed by atoms with van der Waals surface area (Å²) in [6.45, 7) is 3.76. The number of rotatable bonds is 11. The van der Waals surface area contributed by atoms with Crippen molar-refractivity contribution >= 4 is 12.4 Å². The highest BCUT2D eigenvalue weighted by atomic mass is 35.5. The first-order valence-corrected chi connectivity index (χ1v) is 8.66. The summed E-state index contributed by atoms with van der Waals surface area (Å²) in [5.74, 6) is -0.0782. The van der Waals surface area contributed by atoms with E-state index in [9.17, 15) is 10.2 Å². The summed E-state index contributed by atoms with van der Waals surface area (Å²) in [5, 5.41) is 18.8. The van der Waals surface area contributed by atoms with Crippen molar-refractivity contribution in [1.82, 2.24) is 0 Å². The second kappa shape index (κ2) is 11.9. The maximum Gasteiger partial charge on any atom is 0.0689 e. The van der Waals surface area contributed by atoms with Crippen LogP contribution < -0.4 is 5.73 Å². The number of hydrogen-bond acceptors (Lipinski definition) is 3. The molecule has 0 aliphatic rings. The van der Waals surface area contributed by atoms with Crippen molar-refractivity contribution in [3.63, 3.8) is 0 Å². The van der Waals surface area contributed by atoms with Gasteiger partial charge in [0.25, 0.3) is 0 Å². The standard InChI is InChI=1S/C19H33NO2.ClH/c1-3-4-5-6-7-8-9-17-10-12-18(13-11-17)16(2)19(20,14-21)15-22;/h10-13,16,21-22H,3-9,14-15,20H2,1-2H3;1H. The second-order valence-corrected chi connectivity index (χ2v) is 6.53. The van der Waals surface area contributed by atoms with Crippen molar-refractivity contribution in [2.45, 2.75) is 70.3 Å². The molecule has 1 unspecified atom stereocenters. The molecule has 134 valence electrons. The third-order valence-corrected chi connectivity index (χ3v) is 4.75. The molecule has 23 heavy (non-hydrogen) atoms. The molecule has 0 radical (unpaired) electrons. The van der Waals surface area contributed by atoms with E-state index in [0.29, 0.717) is 0 Å². The molecule has 0 bridgehead atoms. The van der Waals surface area contributed by atoms with Gasteiger partial charge >= 0.3 is 0 Å². The number of aliphatic hydroxyl groups is 2. The SMILES string of the molecule is CCCCCCCCc1ccc(C(C)C(N)(CO)CO)cc1.Cl. The molecular formula is C19H34ClNO2. The molecule has 1 aromatic carbocycles. The van der Waals surface area contributed by atoms with E-state index < -0.39 is 5.54 Å².